The molecule has 4 aliphatic rings. The first-order valence-corrected chi connectivity index (χ1v) is 15.4. The summed E-state index contributed by atoms with van der Waals surface area (Å²) in [4.78, 5) is 64.8. The van der Waals surface area contributed by atoms with Crippen molar-refractivity contribution in [3.8, 4) is 0 Å². The molecule has 0 radical (unpaired) electrons. The Balaban J connectivity index is 1.71. The number of nitrogens with one attached hydrogen (secondary N) is 1. The number of hydrogen-bond donors (Lipinski definition) is 2. The van der Waals surface area contributed by atoms with E-state index < -0.39 is 87.7 Å². The minimum atomic E-state index is -2.40. The van der Waals surface area contributed by atoms with Crippen LogP contribution in [0.3, 0.4) is 0 Å². The molecule has 4 rings (SSSR count). The lowest BCUT2D eigenvalue weighted by Crippen LogP contribution is -2.74. The van der Waals surface area contributed by atoms with Crippen LogP contribution in [0.25, 0.3) is 0 Å². The number of carbonyl (C=O) groups excluding carboxylic acids is 4. The van der Waals surface area contributed by atoms with Crippen molar-refractivity contribution in [2.45, 2.75) is 94.5 Å². The van der Waals surface area contributed by atoms with E-state index in [-0.39, 0.29) is 37.9 Å². The molecule has 10 atom stereocenters. The molecule has 2 N–H and O–H groups in total. The summed E-state index contributed by atoms with van der Waals surface area (Å²) < 4.78 is 50.8. The number of aldehydes is 1. The highest BCUT2D eigenvalue weighted by atomic mass is 19.1. The van der Waals surface area contributed by atoms with Crippen LogP contribution < -0.4 is 5.32 Å². The fourth-order valence-electron chi connectivity index (χ4n) is 8.96. The molecule has 46 heavy (non-hydrogen) atoms. The van der Waals surface area contributed by atoms with Gasteiger partial charge in [-0.05, 0) is 62.7 Å². The number of rotatable bonds is 14. The normalized spacial score (nSPS) is 38.5. The molecule has 0 aromatic rings. The van der Waals surface area contributed by atoms with Gasteiger partial charge in [0.1, 0.15) is 18.4 Å². The Morgan fingerprint density at radius 2 is 1.93 bits per heavy atom. The lowest BCUT2D eigenvalue weighted by molar-refractivity contribution is -0.757. The summed E-state index contributed by atoms with van der Waals surface area (Å²) in [6.45, 7) is 2.40. The van der Waals surface area contributed by atoms with Crippen LogP contribution in [0, 0.1) is 32.8 Å². The number of halogens is 2. The van der Waals surface area contributed by atoms with Crippen molar-refractivity contribution in [1.29, 1.82) is 0 Å². The highest BCUT2D eigenvalue weighted by Gasteiger charge is 2.78. The topological polar surface area (TPSA) is 181 Å². The van der Waals surface area contributed by atoms with Crippen LogP contribution in [0.2, 0.25) is 0 Å². The zero-order valence-corrected chi connectivity index (χ0v) is 26.4. The van der Waals surface area contributed by atoms with Crippen molar-refractivity contribution in [3.05, 3.63) is 33.9 Å². The number of fused-ring (bicyclic) bond motifs is 5. The van der Waals surface area contributed by atoms with Gasteiger partial charge in [-0.2, -0.15) is 0 Å². The Hall–Kier alpha value is -3.30. The standard InChI is InChI=1S/C31H42F2N2O11/c1-28-10-9-18(37)14-21(28)22(32)15-20-19-16-24(43-3)31(44-4,29(19,2)17-23(38)30(20,28)33)26(27(40)45-13-11-36)34-25(39)8-6-5-7-12-46-35(41)42/h9-11,14,19-20,22-24,26,38H,5-8,12-13,15-17H2,1-4H3,(H,34,39)/t19-,20-,22-,23-,24+,26?,28-,29-,30-,31+/m0/s1. The first-order chi connectivity index (χ1) is 21.7. The largest absolute Gasteiger partial charge is 0.456 e. The number of nitrogens with zero attached hydrogens (tertiary/aromatic N) is 1. The number of alkyl halides is 2. The van der Waals surface area contributed by atoms with E-state index in [4.69, 9.17) is 14.2 Å². The highest BCUT2D eigenvalue weighted by molar-refractivity contribution is 6.01. The Morgan fingerprint density at radius 1 is 1.22 bits per heavy atom. The van der Waals surface area contributed by atoms with Crippen molar-refractivity contribution < 1.29 is 57.2 Å². The van der Waals surface area contributed by atoms with Crippen LogP contribution in [-0.2, 0) is 38.2 Å². The number of esters is 1. The van der Waals surface area contributed by atoms with E-state index in [1.165, 1.54) is 33.3 Å². The molecular formula is C31H42F2N2O11. The SMILES string of the molecule is CO[C@@H]1C[C@H]2[C@@H]3C[C@H](F)C4=CC(=O)C=C[C@]4(C)[C@@]3(F)[C@@H](O)C[C@]2(C)[C@]1(OC)C(NC(=O)CCCCCO[N+](=O)[O-])C(=O)OCC=O. The predicted molar refractivity (Wildman–Crippen MR) is 155 cm³/mol. The molecular weight excluding hydrogens is 614 g/mol. The average Bonchev–Trinajstić information content (AvgIpc) is 3.26. The lowest BCUT2D eigenvalue weighted by Gasteiger charge is -2.63. The Morgan fingerprint density at radius 3 is 2.57 bits per heavy atom. The maximum absolute atomic E-state index is 17.7. The van der Waals surface area contributed by atoms with E-state index in [0.29, 0.717) is 25.5 Å². The van der Waals surface area contributed by atoms with Gasteiger partial charge in [-0.15, -0.1) is 10.1 Å². The summed E-state index contributed by atoms with van der Waals surface area (Å²) >= 11 is 0. The summed E-state index contributed by atoms with van der Waals surface area (Å²) in [5.41, 5.74) is -7.16. The van der Waals surface area contributed by atoms with E-state index in [0.717, 1.165) is 6.08 Å². The van der Waals surface area contributed by atoms with Gasteiger partial charge in [0.25, 0.3) is 5.09 Å². The molecule has 0 aromatic heterocycles. The third-order valence-electron chi connectivity index (χ3n) is 11.0. The first-order valence-electron chi connectivity index (χ1n) is 15.4. The van der Waals surface area contributed by atoms with E-state index in [1.807, 2.05) is 0 Å². The first kappa shape index (κ1) is 35.6. The van der Waals surface area contributed by atoms with Gasteiger partial charge in [-0.25, -0.2) is 13.6 Å². The van der Waals surface area contributed by atoms with Gasteiger partial charge in [0.15, 0.2) is 23.8 Å². The molecule has 3 saturated carbocycles. The molecule has 13 nitrogen and oxygen atoms in total. The van der Waals surface area contributed by atoms with Gasteiger partial charge >= 0.3 is 5.97 Å². The third-order valence-corrected chi connectivity index (χ3v) is 11.0. The molecule has 256 valence electrons. The van der Waals surface area contributed by atoms with Crippen LogP contribution in [0.5, 0.6) is 0 Å². The van der Waals surface area contributed by atoms with Crippen LogP contribution in [0.4, 0.5) is 8.78 Å². The van der Waals surface area contributed by atoms with Crippen molar-refractivity contribution in [3.63, 3.8) is 0 Å². The second-order valence-electron chi connectivity index (χ2n) is 13.0. The van der Waals surface area contributed by atoms with Crippen LogP contribution in [-0.4, -0.2) is 97.3 Å². The molecule has 1 amide bonds. The van der Waals surface area contributed by atoms with Crippen molar-refractivity contribution >= 4 is 23.9 Å². The van der Waals surface area contributed by atoms with Crippen LogP contribution >= 0.6 is 0 Å². The van der Waals surface area contributed by atoms with Gasteiger partial charge < -0.3 is 29.5 Å². The fourth-order valence-corrected chi connectivity index (χ4v) is 8.96. The maximum atomic E-state index is 17.7. The minimum absolute atomic E-state index is 0.0341. The van der Waals surface area contributed by atoms with E-state index in [2.05, 4.69) is 10.2 Å². The summed E-state index contributed by atoms with van der Waals surface area (Å²) in [6.07, 6.45) is -0.0807. The summed E-state index contributed by atoms with van der Waals surface area (Å²) in [7, 11) is 2.65. The summed E-state index contributed by atoms with van der Waals surface area (Å²) in [6, 6.07) is -1.59. The number of amides is 1. The van der Waals surface area contributed by atoms with E-state index >= 15 is 8.78 Å². The number of unbranched alkanes of at least 4 members (excludes halogenated alkanes) is 2. The summed E-state index contributed by atoms with van der Waals surface area (Å²) in [5, 5.41) is 23.8. The molecule has 0 spiro atoms. The second kappa shape index (κ2) is 13.4. The Kier molecular flexibility index (Phi) is 10.4. The van der Waals surface area contributed by atoms with Gasteiger partial charge in [0, 0.05) is 37.4 Å². The smallest absolute Gasteiger partial charge is 0.332 e. The average molecular weight is 657 g/mol. The number of ether oxygens (including phenoxy) is 3. The molecule has 0 bridgehead atoms. The molecule has 3 fully saturated rings. The van der Waals surface area contributed by atoms with Gasteiger partial charge in [-0.3, -0.25) is 14.4 Å². The fraction of sp³-hybridized carbons (Fsp3) is 0.742. The number of hydrogen-bond acceptors (Lipinski definition) is 11. The molecule has 0 aliphatic heterocycles. The number of allylic oxidation sites excluding steroid dienone is 4. The number of methoxy groups -OCH3 is 2. The summed E-state index contributed by atoms with van der Waals surface area (Å²) in [5.74, 6) is -3.94. The quantitative estimate of drug-likeness (QED) is 0.0921. The Bertz CT molecular complexity index is 1290. The number of ketones is 1. The number of aliphatic hydroxyl groups is 1. The molecule has 15 heteroatoms. The Labute approximate surface area is 265 Å². The van der Waals surface area contributed by atoms with Crippen LogP contribution in [0.1, 0.15) is 58.8 Å². The van der Waals surface area contributed by atoms with Gasteiger partial charge in [-0.1, -0.05) is 19.4 Å². The maximum Gasteiger partial charge on any atom is 0.332 e. The van der Waals surface area contributed by atoms with E-state index in [1.54, 1.807) is 6.92 Å². The molecule has 4 aliphatic carbocycles. The van der Waals surface area contributed by atoms with Crippen molar-refractivity contribution in [1.82, 2.24) is 5.32 Å². The molecule has 1 unspecified atom stereocenters. The van der Waals surface area contributed by atoms with Crippen LogP contribution in [0.15, 0.2) is 23.8 Å². The monoisotopic (exact) mass is 656 g/mol. The minimum Gasteiger partial charge on any atom is -0.456 e. The zero-order valence-electron chi connectivity index (χ0n) is 26.4. The molecule has 0 heterocycles. The number of aliphatic hydroxyl groups excluding tert-OH is 1. The third kappa shape index (κ3) is 5.53. The van der Waals surface area contributed by atoms with Gasteiger partial charge in [0.05, 0.1) is 18.8 Å². The van der Waals surface area contributed by atoms with Crippen molar-refractivity contribution in [2.24, 2.45) is 22.7 Å². The predicted octanol–water partition coefficient (Wildman–Crippen LogP) is 2.31. The molecule has 0 saturated heterocycles. The zero-order chi connectivity index (χ0) is 34.1. The second-order valence-corrected chi connectivity index (χ2v) is 13.0. The molecule has 0 aromatic carbocycles. The highest BCUT2D eigenvalue weighted by Crippen LogP contribution is 2.71. The number of carbonyl (C=O) groups is 4. The van der Waals surface area contributed by atoms with Crippen molar-refractivity contribution in [2.75, 3.05) is 27.4 Å². The van der Waals surface area contributed by atoms with Gasteiger partial charge in [0.2, 0.25) is 5.91 Å². The van der Waals surface area contributed by atoms with E-state index in [9.17, 15) is 34.4 Å². The lowest BCUT2D eigenvalue weighted by atomic mass is 9.44.